The molecule has 0 aliphatic carbocycles. The molecule has 1 heterocycles. The van der Waals surface area contributed by atoms with Crippen molar-refractivity contribution in [1.82, 2.24) is 4.90 Å². The van der Waals surface area contributed by atoms with Crippen molar-refractivity contribution in [2.75, 3.05) is 13.6 Å². The predicted octanol–water partition coefficient (Wildman–Crippen LogP) is 1.45. The molecular formula is C10H16N2OS. The molecule has 0 aliphatic heterocycles. The Balaban J connectivity index is 2.34. The van der Waals surface area contributed by atoms with E-state index in [9.17, 15) is 4.79 Å². The van der Waals surface area contributed by atoms with E-state index in [4.69, 9.17) is 5.73 Å². The zero-order chi connectivity index (χ0) is 10.4. The zero-order valence-corrected chi connectivity index (χ0v) is 9.22. The lowest BCUT2D eigenvalue weighted by Crippen LogP contribution is -2.26. The summed E-state index contributed by atoms with van der Waals surface area (Å²) in [5, 5.41) is 4.08. The number of nitrogens with two attached hydrogens (primary N) is 1. The van der Waals surface area contributed by atoms with Crippen LogP contribution < -0.4 is 5.73 Å². The topological polar surface area (TPSA) is 46.3 Å². The molecule has 4 heteroatoms. The molecule has 0 bridgehead atoms. The summed E-state index contributed by atoms with van der Waals surface area (Å²) in [5.74, 6) is 0.168. The first kappa shape index (κ1) is 11.2. The van der Waals surface area contributed by atoms with Crippen LogP contribution in [0.2, 0.25) is 0 Å². The maximum absolute atomic E-state index is 11.5. The van der Waals surface area contributed by atoms with Crippen molar-refractivity contribution in [3.8, 4) is 0 Å². The summed E-state index contributed by atoms with van der Waals surface area (Å²) < 4.78 is 0. The van der Waals surface area contributed by atoms with E-state index >= 15 is 0 Å². The van der Waals surface area contributed by atoms with E-state index in [0.29, 0.717) is 19.5 Å². The molecule has 1 aromatic rings. The summed E-state index contributed by atoms with van der Waals surface area (Å²) in [6, 6.07) is 2.04. The van der Waals surface area contributed by atoms with E-state index in [0.717, 1.165) is 6.42 Å². The predicted molar refractivity (Wildman–Crippen MR) is 59.1 cm³/mol. The van der Waals surface area contributed by atoms with Gasteiger partial charge in [-0.25, -0.2) is 0 Å². The van der Waals surface area contributed by atoms with Crippen LogP contribution in [0.4, 0.5) is 0 Å². The van der Waals surface area contributed by atoms with Gasteiger partial charge in [-0.2, -0.15) is 11.3 Å². The summed E-state index contributed by atoms with van der Waals surface area (Å²) in [6.07, 6.45) is 1.32. The summed E-state index contributed by atoms with van der Waals surface area (Å²) in [6.45, 7) is 1.28. The molecule has 0 aliphatic rings. The van der Waals surface area contributed by atoms with Crippen molar-refractivity contribution >= 4 is 17.2 Å². The fourth-order valence-electron chi connectivity index (χ4n) is 1.19. The third-order valence-corrected chi connectivity index (χ3v) is 2.75. The van der Waals surface area contributed by atoms with Crippen molar-refractivity contribution in [2.45, 2.75) is 19.4 Å². The molecule has 0 fully saturated rings. The van der Waals surface area contributed by atoms with Crippen LogP contribution >= 0.6 is 11.3 Å². The van der Waals surface area contributed by atoms with E-state index in [2.05, 4.69) is 5.38 Å². The highest BCUT2D eigenvalue weighted by Crippen LogP contribution is 2.09. The van der Waals surface area contributed by atoms with Crippen molar-refractivity contribution in [1.29, 1.82) is 0 Å². The second-order valence-corrected chi connectivity index (χ2v) is 4.05. The maximum atomic E-state index is 11.5. The van der Waals surface area contributed by atoms with Gasteiger partial charge in [0.1, 0.15) is 0 Å². The average Bonchev–Trinajstić information content (AvgIpc) is 2.66. The fraction of sp³-hybridized carbons (Fsp3) is 0.500. The monoisotopic (exact) mass is 212 g/mol. The van der Waals surface area contributed by atoms with Gasteiger partial charge in [-0.05, 0) is 35.4 Å². The SMILES string of the molecule is CN(Cc1ccsc1)C(=O)CCCN. The Morgan fingerprint density at radius 2 is 2.43 bits per heavy atom. The van der Waals surface area contributed by atoms with Crippen LogP contribution in [-0.2, 0) is 11.3 Å². The molecular weight excluding hydrogens is 196 g/mol. The maximum Gasteiger partial charge on any atom is 0.222 e. The van der Waals surface area contributed by atoms with Gasteiger partial charge in [0, 0.05) is 20.0 Å². The smallest absolute Gasteiger partial charge is 0.222 e. The Bertz CT molecular complexity index is 272. The van der Waals surface area contributed by atoms with Crippen molar-refractivity contribution in [3.63, 3.8) is 0 Å². The lowest BCUT2D eigenvalue weighted by atomic mass is 10.2. The molecule has 0 unspecified atom stereocenters. The first-order valence-electron chi connectivity index (χ1n) is 4.69. The highest BCUT2D eigenvalue weighted by atomic mass is 32.1. The van der Waals surface area contributed by atoms with Crippen LogP contribution in [0.3, 0.4) is 0 Å². The number of hydrogen-bond acceptors (Lipinski definition) is 3. The summed E-state index contributed by atoms with van der Waals surface area (Å²) in [4.78, 5) is 13.2. The summed E-state index contributed by atoms with van der Waals surface area (Å²) >= 11 is 1.65. The Kier molecular flexibility index (Phi) is 4.62. The summed E-state index contributed by atoms with van der Waals surface area (Å²) in [7, 11) is 1.83. The quantitative estimate of drug-likeness (QED) is 0.803. The molecule has 0 radical (unpaired) electrons. The van der Waals surface area contributed by atoms with Gasteiger partial charge >= 0.3 is 0 Å². The first-order chi connectivity index (χ1) is 6.74. The fourth-order valence-corrected chi connectivity index (χ4v) is 1.85. The van der Waals surface area contributed by atoms with Crippen LogP contribution in [0.5, 0.6) is 0 Å². The van der Waals surface area contributed by atoms with Crippen molar-refractivity contribution < 1.29 is 4.79 Å². The number of thiophene rings is 1. The van der Waals surface area contributed by atoms with E-state index in [-0.39, 0.29) is 5.91 Å². The number of rotatable bonds is 5. The van der Waals surface area contributed by atoms with Crippen LogP contribution in [0.1, 0.15) is 18.4 Å². The molecule has 14 heavy (non-hydrogen) atoms. The first-order valence-corrected chi connectivity index (χ1v) is 5.63. The van der Waals surface area contributed by atoms with Crippen LogP contribution in [0.15, 0.2) is 16.8 Å². The van der Waals surface area contributed by atoms with E-state index < -0.39 is 0 Å². The second-order valence-electron chi connectivity index (χ2n) is 3.27. The van der Waals surface area contributed by atoms with Gasteiger partial charge in [-0.3, -0.25) is 4.79 Å². The average molecular weight is 212 g/mol. The Morgan fingerprint density at radius 1 is 1.64 bits per heavy atom. The largest absolute Gasteiger partial charge is 0.341 e. The minimum Gasteiger partial charge on any atom is -0.341 e. The normalized spacial score (nSPS) is 10.1. The molecule has 0 saturated heterocycles. The minimum atomic E-state index is 0.168. The highest BCUT2D eigenvalue weighted by Gasteiger charge is 2.08. The zero-order valence-electron chi connectivity index (χ0n) is 8.40. The lowest BCUT2D eigenvalue weighted by molar-refractivity contribution is -0.130. The van der Waals surface area contributed by atoms with Gasteiger partial charge in [0.2, 0.25) is 5.91 Å². The number of hydrogen-bond donors (Lipinski definition) is 1. The molecule has 1 amide bonds. The summed E-state index contributed by atoms with van der Waals surface area (Å²) in [5.41, 5.74) is 6.54. The molecule has 78 valence electrons. The van der Waals surface area contributed by atoms with Gasteiger partial charge in [0.15, 0.2) is 0 Å². The van der Waals surface area contributed by atoms with E-state index in [1.165, 1.54) is 5.56 Å². The molecule has 1 aromatic heterocycles. The van der Waals surface area contributed by atoms with Crippen LogP contribution in [0, 0.1) is 0 Å². The number of carbonyl (C=O) groups excluding carboxylic acids is 1. The molecule has 0 aromatic carbocycles. The van der Waals surface area contributed by atoms with Gasteiger partial charge in [-0.1, -0.05) is 0 Å². The highest BCUT2D eigenvalue weighted by molar-refractivity contribution is 7.07. The van der Waals surface area contributed by atoms with Gasteiger partial charge < -0.3 is 10.6 Å². The number of nitrogens with zero attached hydrogens (tertiary/aromatic N) is 1. The third-order valence-electron chi connectivity index (χ3n) is 2.02. The second kappa shape index (κ2) is 5.78. The molecule has 1 rings (SSSR count). The Labute approximate surface area is 88.5 Å². The molecule has 0 atom stereocenters. The van der Waals surface area contributed by atoms with Gasteiger partial charge in [0.05, 0.1) is 0 Å². The van der Waals surface area contributed by atoms with E-state index in [1.807, 2.05) is 18.5 Å². The molecule has 0 spiro atoms. The lowest BCUT2D eigenvalue weighted by Gasteiger charge is -2.15. The minimum absolute atomic E-state index is 0.168. The standard InChI is InChI=1S/C10H16N2OS/c1-12(10(13)3-2-5-11)7-9-4-6-14-8-9/h4,6,8H,2-3,5,7,11H2,1H3. The van der Waals surface area contributed by atoms with Crippen molar-refractivity contribution in [3.05, 3.63) is 22.4 Å². The third kappa shape index (κ3) is 3.47. The number of amides is 1. The molecule has 2 N–H and O–H groups in total. The van der Waals surface area contributed by atoms with E-state index in [1.54, 1.807) is 16.2 Å². The van der Waals surface area contributed by atoms with Gasteiger partial charge in [0.25, 0.3) is 0 Å². The Morgan fingerprint density at radius 3 is 3.00 bits per heavy atom. The van der Waals surface area contributed by atoms with Crippen LogP contribution in [0.25, 0.3) is 0 Å². The Hall–Kier alpha value is -0.870. The van der Waals surface area contributed by atoms with Crippen LogP contribution in [-0.4, -0.2) is 24.4 Å². The van der Waals surface area contributed by atoms with Gasteiger partial charge in [-0.15, -0.1) is 0 Å². The number of carbonyl (C=O) groups is 1. The van der Waals surface area contributed by atoms with Crippen molar-refractivity contribution in [2.24, 2.45) is 5.73 Å². The molecule has 3 nitrogen and oxygen atoms in total. The molecule has 0 saturated carbocycles.